The van der Waals surface area contributed by atoms with Gasteiger partial charge in [-0.2, -0.15) is 0 Å². The number of amides is 1. The van der Waals surface area contributed by atoms with Crippen LogP contribution in [-0.2, 0) is 4.74 Å². The van der Waals surface area contributed by atoms with Gasteiger partial charge in [-0.25, -0.2) is 0 Å². The number of hydrogen-bond donors (Lipinski definition) is 1. The fraction of sp³-hybridized carbons (Fsp3) is 0.435. The lowest BCUT2D eigenvalue weighted by Gasteiger charge is -2.35. The van der Waals surface area contributed by atoms with Gasteiger partial charge in [0.15, 0.2) is 11.5 Å². The Labute approximate surface area is 177 Å². The van der Waals surface area contributed by atoms with Crippen molar-refractivity contribution in [3.05, 3.63) is 53.1 Å². The summed E-state index contributed by atoms with van der Waals surface area (Å²) in [5.41, 5.74) is 2.78. The quantitative estimate of drug-likeness (QED) is 0.716. The number of aryl methyl sites for hydroxylation is 1. The molecule has 1 saturated heterocycles. The van der Waals surface area contributed by atoms with E-state index in [0.29, 0.717) is 42.6 Å². The molecule has 1 heterocycles. The molecule has 0 aliphatic carbocycles. The minimum absolute atomic E-state index is 0.0598. The molecular formula is C23H30N2O5. The second-order valence-electron chi connectivity index (χ2n) is 7.19. The number of hydrogen-bond acceptors (Lipinski definition) is 6. The second kappa shape index (κ2) is 10.3. The van der Waals surface area contributed by atoms with Crippen molar-refractivity contribution in [3.63, 3.8) is 0 Å². The van der Waals surface area contributed by atoms with Crippen LogP contribution >= 0.6 is 0 Å². The number of carbonyl (C=O) groups is 1. The van der Waals surface area contributed by atoms with Gasteiger partial charge in [0.2, 0.25) is 0 Å². The Bertz CT molecular complexity index is 847. The molecule has 1 aliphatic rings. The molecule has 1 unspecified atom stereocenters. The first-order valence-electron chi connectivity index (χ1n) is 10.0. The largest absolute Gasteiger partial charge is 0.496 e. The molecule has 7 nitrogen and oxygen atoms in total. The molecule has 2 aromatic rings. The first kappa shape index (κ1) is 21.9. The number of methoxy groups -OCH3 is 3. The molecular weight excluding hydrogens is 384 g/mol. The summed E-state index contributed by atoms with van der Waals surface area (Å²) in [7, 11) is 4.62. The van der Waals surface area contributed by atoms with E-state index in [2.05, 4.69) is 41.4 Å². The summed E-state index contributed by atoms with van der Waals surface area (Å²) in [4.78, 5) is 15.4. The van der Waals surface area contributed by atoms with Gasteiger partial charge in [-0.3, -0.25) is 9.69 Å². The number of benzene rings is 2. The summed E-state index contributed by atoms with van der Waals surface area (Å²) in [6, 6.07) is 11.8. The molecule has 162 valence electrons. The number of nitrogens with zero attached hydrogens (tertiary/aromatic N) is 1. The van der Waals surface area contributed by atoms with E-state index in [0.717, 1.165) is 13.1 Å². The van der Waals surface area contributed by atoms with E-state index in [-0.39, 0.29) is 11.9 Å². The van der Waals surface area contributed by atoms with Gasteiger partial charge in [0.25, 0.3) is 5.91 Å². The van der Waals surface area contributed by atoms with Crippen LogP contribution in [0.4, 0.5) is 0 Å². The van der Waals surface area contributed by atoms with Crippen molar-refractivity contribution < 1.29 is 23.7 Å². The molecule has 1 aliphatic heterocycles. The molecule has 0 saturated carbocycles. The summed E-state index contributed by atoms with van der Waals surface area (Å²) < 4.78 is 21.6. The third kappa shape index (κ3) is 5.04. The van der Waals surface area contributed by atoms with Crippen LogP contribution in [0.15, 0.2) is 36.4 Å². The van der Waals surface area contributed by atoms with E-state index >= 15 is 0 Å². The maximum atomic E-state index is 13.0. The molecule has 30 heavy (non-hydrogen) atoms. The molecule has 2 aromatic carbocycles. The summed E-state index contributed by atoms with van der Waals surface area (Å²) >= 11 is 0. The van der Waals surface area contributed by atoms with E-state index in [1.807, 2.05) is 0 Å². The molecule has 1 atom stereocenters. The molecule has 3 rings (SSSR count). The SMILES string of the molecule is COc1cc(OC)c(C(=O)NCC(c2ccc(C)cc2)N2CCOCC2)cc1OC. The van der Waals surface area contributed by atoms with Crippen LogP contribution in [0.3, 0.4) is 0 Å². The Morgan fingerprint density at radius 3 is 2.20 bits per heavy atom. The van der Waals surface area contributed by atoms with Gasteiger partial charge in [0, 0.05) is 31.8 Å². The average molecular weight is 415 g/mol. The van der Waals surface area contributed by atoms with E-state index in [4.69, 9.17) is 18.9 Å². The first-order valence-corrected chi connectivity index (χ1v) is 10.0. The van der Waals surface area contributed by atoms with Crippen LogP contribution in [0.5, 0.6) is 17.2 Å². The topological polar surface area (TPSA) is 69.3 Å². The Morgan fingerprint density at radius 1 is 1.00 bits per heavy atom. The Morgan fingerprint density at radius 2 is 1.60 bits per heavy atom. The van der Waals surface area contributed by atoms with Crippen molar-refractivity contribution in [2.75, 3.05) is 54.2 Å². The lowest BCUT2D eigenvalue weighted by atomic mass is 10.0. The van der Waals surface area contributed by atoms with Crippen LogP contribution in [0, 0.1) is 6.92 Å². The third-order valence-electron chi connectivity index (χ3n) is 5.35. The summed E-state index contributed by atoms with van der Waals surface area (Å²) in [6.45, 7) is 5.58. The standard InChI is InChI=1S/C23H30N2O5/c1-16-5-7-17(8-6-16)19(25-9-11-30-12-10-25)15-24-23(26)18-13-21(28-3)22(29-4)14-20(18)27-2/h5-8,13-14,19H,9-12,15H2,1-4H3,(H,24,26). The zero-order chi connectivity index (χ0) is 21.5. The fourth-order valence-corrected chi connectivity index (χ4v) is 3.63. The smallest absolute Gasteiger partial charge is 0.255 e. The van der Waals surface area contributed by atoms with Crippen molar-refractivity contribution in [2.45, 2.75) is 13.0 Å². The molecule has 7 heteroatoms. The van der Waals surface area contributed by atoms with Crippen LogP contribution in [0.1, 0.15) is 27.5 Å². The van der Waals surface area contributed by atoms with Crippen molar-refractivity contribution in [1.29, 1.82) is 0 Å². The maximum absolute atomic E-state index is 13.0. The first-order chi connectivity index (χ1) is 14.6. The van der Waals surface area contributed by atoms with Gasteiger partial charge < -0.3 is 24.3 Å². The van der Waals surface area contributed by atoms with E-state index in [1.165, 1.54) is 25.3 Å². The van der Waals surface area contributed by atoms with E-state index in [9.17, 15) is 4.79 Å². The van der Waals surface area contributed by atoms with Crippen molar-refractivity contribution in [1.82, 2.24) is 10.2 Å². The molecule has 0 spiro atoms. The molecule has 0 radical (unpaired) electrons. The third-order valence-corrected chi connectivity index (χ3v) is 5.35. The van der Waals surface area contributed by atoms with Gasteiger partial charge in [0.1, 0.15) is 5.75 Å². The zero-order valence-corrected chi connectivity index (χ0v) is 18.1. The lowest BCUT2D eigenvalue weighted by molar-refractivity contribution is 0.0162. The summed E-state index contributed by atoms with van der Waals surface area (Å²) in [5, 5.41) is 3.08. The number of rotatable bonds is 8. The summed E-state index contributed by atoms with van der Waals surface area (Å²) in [6.07, 6.45) is 0. The normalized spacial score (nSPS) is 15.3. The zero-order valence-electron chi connectivity index (χ0n) is 18.1. The number of morpholine rings is 1. The highest BCUT2D eigenvalue weighted by Gasteiger charge is 2.24. The maximum Gasteiger partial charge on any atom is 0.255 e. The number of nitrogens with one attached hydrogen (secondary N) is 1. The van der Waals surface area contributed by atoms with Crippen molar-refractivity contribution in [2.24, 2.45) is 0 Å². The molecule has 1 amide bonds. The van der Waals surface area contributed by atoms with E-state index in [1.54, 1.807) is 19.2 Å². The number of carbonyl (C=O) groups excluding carboxylic acids is 1. The van der Waals surface area contributed by atoms with Gasteiger partial charge in [0.05, 0.1) is 46.1 Å². The summed E-state index contributed by atoms with van der Waals surface area (Å²) in [5.74, 6) is 1.20. The van der Waals surface area contributed by atoms with Crippen LogP contribution < -0.4 is 19.5 Å². The Balaban J connectivity index is 1.81. The van der Waals surface area contributed by atoms with Gasteiger partial charge in [-0.05, 0) is 12.5 Å². The molecule has 0 aromatic heterocycles. The van der Waals surface area contributed by atoms with Crippen LogP contribution in [0.2, 0.25) is 0 Å². The molecule has 1 N–H and O–H groups in total. The Kier molecular flexibility index (Phi) is 7.54. The predicted molar refractivity (Wildman–Crippen MR) is 115 cm³/mol. The highest BCUT2D eigenvalue weighted by molar-refractivity contribution is 5.97. The lowest BCUT2D eigenvalue weighted by Crippen LogP contribution is -2.43. The minimum atomic E-state index is -0.224. The Hall–Kier alpha value is -2.77. The van der Waals surface area contributed by atoms with Crippen LogP contribution in [-0.4, -0.2) is 65.0 Å². The van der Waals surface area contributed by atoms with E-state index < -0.39 is 0 Å². The van der Waals surface area contributed by atoms with Crippen molar-refractivity contribution >= 4 is 5.91 Å². The van der Waals surface area contributed by atoms with Gasteiger partial charge in [-0.1, -0.05) is 29.8 Å². The second-order valence-corrected chi connectivity index (χ2v) is 7.19. The predicted octanol–water partition coefficient (Wildman–Crippen LogP) is 2.82. The molecule has 1 fully saturated rings. The fourth-order valence-electron chi connectivity index (χ4n) is 3.63. The van der Waals surface area contributed by atoms with Gasteiger partial charge in [-0.15, -0.1) is 0 Å². The minimum Gasteiger partial charge on any atom is -0.496 e. The highest BCUT2D eigenvalue weighted by Crippen LogP contribution is 2.34. The highest BCUT2D eigenvalue weighted by atomic mass is 16.5. The monoisotopic (exact) mass is 414 g/mol. The van der Waals surface area contributed by atoms with Crippen LogP contribution in [0.25, 0.3) is 0 Å². The van der Waals surface area contributed by atoms with Crippen molar-refractivity contribution in [3.8, 4) is 17.2 Å². The number of ether oxygens (including phenoxy) is 4. The average Bonchev–Trinajstić information content (AvgIpc) is 2.79. The van der Waals surface area contributed by atoms with Gasteiger partial charge >= 0.3 is 0 Å². The molecule has 0 bridgehead atoms.